The van der Waals surface area contributed by atoms with Crippen molar-refractivity contribution < 1.29 is 14.3 Å². The molecule has 15 heavy (non-hydrogen) atoms. The van der Waals surface area contributed by atoms with Crippen molar-refractivity contribution >= 4 is 11.9 Å². The molecule has 0 aromatic carbocycles. The SMILES string of the molecule is COC(=O)CCCCCNC(=O)[C@@H](C)N. The number of rotatable bonds is 7. The van der Waals surface area contributed by atoms with Gasteiger partial charge in [0.15, 0.2) is 0 Å². The third-order valence-corrected chi connectivity index (χ3v) is 2.00. The van der Waals surface area contributed by atoms with Gasteiger partial charge < -0.3 is 15.8 Å². The van der Waals surface area contributed by atoms with Gasteiger partial charge in [-0.3, -0.25) is 9.59 Å². The molecule has 1 atom stereocenters. The molecule has 0 aliphatic rings. The molecule has 0 aromatic heterocycles. The van der Waals surface area contributed by atoms with Crippen LogP contribution in [0.15, 0.2) is 0 Å². The van der Waals surface area contributed by atoms with Crippen LogP contribution in [0.5, 0.6) is 0 Å². The fourth-order valence-corrected chi connectivity index (χ4v) is 1.05. The first kappa shape index (κ1) is 13.9. The zero-order valence-corrected chi connectivity index (χ0v) is 9.41. The first-order valence-corrected chi connectivity index (χ1v) is 5.18. The summed E-state index contributed by atoms with van der Waals surface area (Å²) in [6, 6.07) is -0.458. The number of nitrogens with one attached hydrogen (secondary N) is 1. The van der Waals surface area contributed by atoms with Crippen molar-refractivity contribution in [1.29, 1.82) is 0 Å². The molecule has 5 nitrogen and oxygen atoms in total. The van der Waals surface area contributed by atoms with Crippen molar-refractivity contribution in [3.8, 4) is 0 Å². The zero-order valence-electron chi connectivity index (χ0n) is 9.41. The molecule has 0 rings (SSSR count). The van der Waals surface area contributed by atoms with Crippen LogP contribution in [0, 0.1) is 0 Å². The molecule has 1 amide bonds. The summed E-state index contributed by atoms with van der Waals surface area (Å²) in [6.45, 7) is 2.26. The van der Waals surface area contributed by atoms with E-state index in [1.54, 1.807) is 6.92 Å². The number of hydrogen-bond donors (Lipinski definition) is 2. The summed E-state index contributed by atoms with van der Waals surface area (Å²) in [6.07, 6.45) is 2.99. The van der Waals surface area contributed by atoms with E-state index in [-0.39, 0.29) is 11.9 Å². The average Bonchev–Trinajstić information content (AvgIpc) is 2.22. The van der Waals surface area contributed by atoms with E-state index in [9.17, 15) is 9.59 Å². The van der Waals surface area contributed by atoms with E-state index < -0.39 is 6.04 Å². The number of nitrogens with two attached hydrogens (primary N) is 1. The Bertz CT molecular complexity index is 205. The van der Waals surface area contributed by atoms with E-state index in [2.05, 4.69) is 10.1 Å². The van der Waals surface area contributed by atoms with Gasteiger partial charge in [-0.25, -0.2) is 0 Å². The highest BCUT2D eigenvalue weighted by atomic mass is 16.5. The first-order chi connectivity index (χ1) is 7.07. The van der Waals surface area contributed by atoms with Crippen LogP contribution in [-0.4, -0.2) is 31.6 Å². The van der Waals surface area contributed by atoms with Gasteiger partial charge in [0.1, 0.15) is 0 Å². The normalized spacial score (nSPS) is 11.9. The van der Waals surface area contributed by atoms with Gasteiger partial charge in [0.05, 0.1) is 13.2 Å². The summed E-state index contributed by atoms with van der Waals surface area (Å²) in [4.78, 5) is 21.8. The second kappa shape index (κ2) is 8.23. The predicted molar refractivity (Wildman–Crippen MR) is 57.1 cm³/mol. The number of hydrogen-bond acceptors (Lipinski definition) is 4. The Kier molecular flexibility index (Phi) is 7.62. The first-order valence-electron chi connectivity index (χ1n) is 5.18. The molecule has 0 saturated carbocycles. The lowest BCUT2D eigenvalue weighted by Gasteiger charge is -2.06. The smallest absolute Gasteiger partial charge is 0.305 e. The van der Waals surface area contributed by atoms with E-state index >= 15 is 0 Å². The van der Waals surface area contributed by atoms with Gasteiger partial charge in [0.2, 0.25) is 5.91 Å². The van der Waals surface area contributed by atoms with Gasteiger partial charge >= 0.3 is 5.97 Å². The monoisotopic (exact) mass is 216 g/mol. The third-order valence-electron chi connectivity index (χ3n) is 2.00. The topological polar surface area (TPSA) is 81.4 Å². The summed E-state index contributed by atoms with van der Waals surface area (Å²) in [5.41, 5.74) is 5.36. The highest BCUT2D eigenvalue weighted by Crippen LogP contribution is 1.99. The van der Waals surface area contributed by atoms with Gasteiger partial charge in [0.25, 0.3) is 0 Å². The highest BCUT2D eigenvalue weighted by molar-refractivity contribution is 5.80. The molecule has 0 bridgehead atoms. The molecule has 0 aliphatic carbocycles. The van der Waals surface area contributed by atoms with Crippen LogP contribution in [0.4, 0.5) is 0 Å². The van der Waals surface area contributed by atoms with Crippen LogP contribution in [0.25, 0.3) is 0 Å². The molecule has 5 heteroatoms. The Morgan fingerprint density at radius 1 is 1.33 bits per heavy atom. The van der Waals surface area contributed by atoms with Crippen LogP contribution >= 0.6 is 0 Å². The molecule has 0 aromatic rings. The van der Waals surface area contributed by atoms with Gasteiger partial charge in [-0.1, -0.05) is 6.42 Å². The van der Waals surface area contributed by atoms with Gasteiger partial charge in [-0.2, -0.15) is 0 Å². The Morgan fingerprint density at radius 2 is 2.00 bits per heavy atom. The fourth-order valence-electron chi connectivity index (χ4n) is 1.05. The summed E-state index contributed by atoms with van der Waals surface area (Å²) >= 11 is 0. The fraction of sp³-hybridized carbons (Fsp3) is 0.800. The van der Waals surface area contributed by atoms with Crippen molar-refractivity contribution in [2.75, 3.05) is 13.7 Å². The number of carbonyl (C=O) groups excluding carboxylic acids is 2. The standard InChI is InChI=1S/C10H20N2O3/c1-8(11)10(14)12-7-5-3-4-6-9(13)15-2/h8H,3-7,11H2,1-2H3,(H,12,14)/t8-/m1/s1. The highest BCUT2D eigenvalue weighted by Gasteiger charge is 2.05. The minimum Gasteiger partial charge on any atom is -0.469 e. The maximum atomic E-state index is 11.0. The molecule has 0 radical (unpaired) electrons. The largest absolute Gasteiger partial charge is 0.469 e. The second-order valence-electron chi connectivity index (χ2n) is 3.47. The molecule has 0 saturated heterocycles. The van der Waals surface area contributed by atoms with Crippen molar-refractivity contribution in [1.82, 2.24) is 5.32 Å². The lowest BCUT2D eigenvalue weighted by molar-refractivity contribution is -0.140. The lowest BCUT2D eigenvalue weighted by atomic mass is 10.2. The minimum atomic E-state index is -0.458. The van der Waals surface area contributed by atoms with E-state index in [1.165, 1.54) is 7.11 Å². The minimum absolute atomic E-state index is 0.136. The summed E-state index contributed by atoms with van der Waals surface area (Å²) in [5.74, 6) is -0.322. The molecule has 0 heterocycles. The number of ether oxygens (including phenoxy) is 1. The Hall–Kier alpha value is -1.10. The predicted octanol–water partition coefficient (Wildman–Crippen LogP) is 0.183. The maximum Gasteiger partial charge on any atom is 0.305 e. The van der Waals surface area contributed by atoms with Crippen molar-refractivity contribution in [2.24, 2.45) is 5.73 Å². The molecular weight excluding hydrogens is 196 g/mol. The van der Waals surface area contributed by atoms with Gasteiger partial charge in [0, 0.05) is 13.0 Å². The molecule has 0 fully saturated rings. The average molecular weight is 216 g/mol. The van der Waals surface area contributed by atoms with Crippen molar-refractivity contribution in [3.05, 3.63) is 0 Å². The van der Waals surface area contributed by atoms with Crippen molar-refractivity contribution in [3.63, 3.8) is 0 Å². The third kappa shape index (κ3) is 7.93. The molecule has 0 unspecified atom stereocenters. The summed E-state index contributed by atoms with van der Waals surface area (Å²) in [7, 11) is 1.38. The number of methoxy groups -OCH3 is 1. The number of unbranched alkanes of at least 4 members (excludes halogenated alkanes) is 2. The number of esters is 1. The van der Waals surface area contributed by atoms with E-state index in [0.717, 1.165) is 19.3 Å². The Labute approximate surface area is 90.4 Å². The quantitative estimate of drug-likeness (QED) is 0.470. The van der Waals surface area contributed by atoms with Crippen LogP contribution in [0.2, 0.25) is 0 Å². The molecular formula is C10H20N2O3. The summed E-state index contributed by atoms with van der Waals surface area (Å²) in [5, 5.41) is 2.70. The van der Waals surface area contributed by atoms with Crippen LogP contribution in [0.3, 0.4) is 0 Å². The maximum absolute atomic E-state index is 11.0. The Balaban J connectivity index is 3.25. The second-order valence-corrected chi connectivity index (χ2v) is 3.47. The summed E-state index contributed by atoms with van der Waals surface area (Å²) < 4.78 is 4.50. The Morgan fingerprint density at radius 3 is 2.53 bits per heavy atom. The van der Waals surface area contributed by atoms with Crippen LogP contribution in [-0.2, 0) is 14.3 Å². The van der Waals surface area contributed by atoms with E-state index in [4.69, 9.17) is 5.73 Å². The van der Waals surface area contributed by atoms with Crippen LogP contribution in [0.1, 0.15) is 32.6 Å². The van der Waals surface area contributed by atoms with E-state index in [0.29, 0.717) is 13.0 Å². The van der Waals surface area contributed by atoms with Gasteiger partial charge in [-0.05, 0) is 19.8 Å². The number of amides is 1. The molecule has 0 aliphatic heterocycles. The van der Waals surface area contributed by atoms with Crippen molar-refractivity contribution in [2.45, 2.75) is 38.6 Å². The van der Waals surface area contributed by atoms with Gasteiger partial charge in [-0.15, -0.1) is 0 Å². The van der Waals surface area contributed by atoms with Crippen LogP contribution < -0.4 is 11.1 Å². The van der Waals surface area contributed by atoms with E-state index in [1.807, 2.05) is 0 Å². The molecule has 0 spiro atoms. The zero-order chi connectivity index (χ0) is 11.7. The lowest BCUT2D eigenvalue weighted by Crippen LogP contribution is -2.38. The molecule has 3 N–H and O–H groups in total. The molecule has 88 valence electrons. The number of carbonyl (C=O) groups is 2.